The molecule has 180 valence electrons. The number of likely N-dealkylation sites (N-methyl/N-ethyl adjacent to an activating group) is 1. The number of anilines is 2. The van der Waals surface area contributed by atoms with Gasteiger partial charge >= 0.3 is 0 Å². The molecule has 1 aromatic heterocycles. The highest BCUT2D eigenvalue weighted by Crippen LogP contribution is 2.31. The number of nitrogens with one attached hydrogen (secondary N) is 1. The predicted octanol–water partition coefficient (Wildman–Crippen LogP) is 4.68. The second kappa shape index (κ2) is 11.5. The van der Waals surface area contributed by atoms with Crippen LogP contribution >= 0.6 is 23.4 Å². The first-order chi connectivity index (χ1) is 17.0. The van der Waals surface area contributed by atoms with E-state index in [1.807, 2.05) is 30.3 Å². The Kier molecular flexibility index (Phi) is 8.18. The molecule has 0 radical (unpaired) electrons. The second-order valence-corrected chi connectivity index (χ2v) is 9.27. The van der Waals surface area contributed by atoms with Crippen molar-refractivity contribution in [2.24, 2.45) is 0 Å². The maximum Gasteiger partial charge on any atom is 0.234 e. The van der Waals surface area contributed by atoms with Crippen molar-refractivity contribution >= 4 is 40.8 Å². The molecule has 3 aromatic rings. The Labute approximate surface area is 212 Å². The molecule has 1 aliphatic heterocycles. The Morgan fingerprint density at radius 2 is 1.91 bits per heavy atom. The van der Waals surface area contributed by atoms with E-state index in [-0.39, 0.29) is 16.7 Å². The van der Waals surface area contributed by atoms with E-state index in [1.54, 1.807) is 0 Å². The van der Waals surface area contributed by atoms with Crippen LogP contribution in [0.3, 0.4) is 0 Å². The Balaban J connectivity index is 1.59. The van der Waals surface area contributed by atoms with Crippen LogP contribution in [0.4, 0.5) is 15.9 Å². The van der Waals surface area contributed by atoms with Crippen molar-refractivity contribution in [1.82, 2.24) is 14.9 Å². The van der Waals surface area contributed by atoms with Crippen molar-refractivity contribution in [3.05, 3.63) is 64.9 Å². The van der Waals surface area contributed by atoms with Crippen molar-refractivity contribution in [2.45, 2.75) is 12.1 Å². The van der Waals surface area contributed by atoms with Gasteiger partial charge in [0.2, 0.25) is 5.91 Å². The third-order valence-corrected chi connectivity index (χ3v) is 6.82. The summed E-state index contributed by atoms with van der Waals surface area (Å²) in [7, 11) is 0. The molecule has 1 saturated heterocycles. The summed E-state index contributed by atoms with van der Waals surface area (Å²) < 4.78 is 13.4. The van der Waals surface area contributed by atoms with Crippen molar-refractivity contribution in [1.29, 1.82) is 5.26 Å². The molecular formula is C25H24ClFN6OS. The number of amides is 1. The van der Waals surface area contributed by atoms with E-state index in [4.69, 9.17) is 16.6 Å². The SMILES string of the molecule is CCN1CCN(c2nc(SCC(=O)Nc3ccc(F)c(Cl)c3)nc(-c3ccccc3)c2C#N)CC1. The summed E-state index contributed by atoms with van der Waals surface area (Å²) in [5.41, 5.74) is 2.19. The van der Waals surface area contributed by atoms with Crippen LogP contribution < -0.4 is 10.2 Å². The van der Waals surface area contributed by atoms with Gasteiger partial charge in [0, 0.05) is 37.4 Å². The number of halogens is 2. The molecule has 0 spiro atoms. The average Bonchev–Trinajstić information content (AvgIpc) is 2.89. The Morgan fingerprint density at radius 1 is 1.17 bits per heavy atom. The first-order valence-corrected chi connectivity index (χ1v) is 12.6. The van der Waals surface area contributed by atoms with Crippen molar-refractivity contribution in [2.75, 3.05) is 48.7 Å². The lowest BCUT2D eigenvalue weighted by atomic mass is 10.1. The van der Waals surface area contributed by atoms with Gasteiger partial charge in [0.25, 0.3) is 0 Å². The zero-order chi connectivity index (χ0) is 24.8. The minimum Gasteiger partial charge on any atom is -0.353 e. The summed E-state index contributed by atoms with van der Waals surface area (Å²) >= 11 is 6.98. The molecule has 1 N–H and O–H groups in total. The van der Waals surface area contributed by atoms with E-state index in [1.165, 1.54) is 30.0 Å². The minimum absolute atomic E-state index is 0.0399. The molecule has 2 aromatic carbocycles. The lowest BCUT2D eigenvalue weighted by molar-refractivity contribution is -0.113. The van der Waals surface area contributed by atoms with Gasteiger partial charge in [-0.2, -0.15) is 5.26 Å². The van der Waals surface area contributed by atoms with E-state index >= 15 is 0 Å². The van der Waals surface area contributed by atoms with Crippen LogP contribution in [0.2, 0.25) is 5.02 Å². The lowest BCUT2D eigenvalue weighted by Gasteiger charge is -2.35. The Morgan fingerprint density at radius 3 is 2.57 bits per heavy atom. The standard InChI is InChI=1S/C25H24ClFN6OS/c1-2-32-10-12-33(13-11-32)24-19(15-28)23(17-6-4-3-5-7-17)30-25(31-24)35-16-22(34)29-18-8-9-21(27)20(26)14-18/h3-9,14H,2,10-13,16H2,1H3,(H,29,34). The van der Waals surface area contributed by atoms with Gasteiger partial charge < -0.3 is 15.1 Å². The summed E-state index contributed by atoms with van der Waals surface area (Å²) in [4.78, 5) is 26.3. The third kappa shape index (κ3) is 6.09. The van der Waals surface area contributed by atoms with E-state index in [0.717, 1.165) is 38.3 Å². The van der Waals surface area contributed by atoms with Gasteiger partial charge in [0.15, 0.2) is 11.0 Å². The summed E-state index contributed by atoms with van der Waals surface area (Å²) in [6.07, 6.45) is 0. The van der Waals surface area contributed by atoms with Crippen molar-refractivity contribution in [3.8, 4) is 17.3 Å². The number of hydrogen-bond acceptors (Lipinski definition) is 7. The normalized spacial score (nSPS) is 13.9. The highest BCUT2D eigenvalue weighted by molar-refractivity contribution is 7.99. The van der Waals surface area contributed by atoms with E-state index < -0.39 is 5.82 Å². The number of carbonyl (C=O) groups excluding carboxylic acids is 1. The number of piperazine rings is 1. The van der Waals surface area contributed by atoms with Crippen LogP contribution in [0.25, 0.3) is 11.3 Å². The number of rotatable bonds is 7. The summed E-state index contributed by atoms with van der Waals surface area (Å²) in [5, 5.41) is 13.1. The van der Waals surface area contributed by atoms with E-state index in [0.29, 0.717) is 27.9 Å². The smallest absolute Gasteiger partial charge is 0.234 e. The van der Waals surface area contributed by atoms with Crippen LogP contribution in [0.5, 0.6) is 0 Å². The first kappa shape index (κ1) is 24.9. The number of aromatic nitrogens is 2. The summed E-state index contributed by atoms with van der Waals surface area (Å²) in [6.45, 7) is 6.39. The highest BCUT2D eigenvalue weighted by Gasteiger charge is 2.24. The van der Waals surface area contributed by atoms with Crippen LogP contribution in [0.15, 0.2) is 53.7 Å². The van der Waals surface area contributed by atoms with Crippen LogP contribution in [-0.4, -0.2) is 59.3 Å². The van der Waals surface area contributed by atoms with Gasteiger partial charge in [0.05, 0.1) is 16.5 Å². The van der Waals surface area contributed by atoms with E-state index in [9.17, 15) is 14.4 Å². The van der Waals surface area contributed by atoms with Crippen LogP contribution in [-0.2, 0) is 4.79 Å². The molecule has 0 aliphatic carbocycles. The van der Waals surface area contributed by atoms with Gasteiger partial charge in [-0.15, -0.1) is 0 Å². The number of carbonyl (C=O) groups is 1. The van der Waals surface area contributed by atoms with Crippen LogP contribution in [0, 0.1) is 17.1 Å². The number of nitriles is 1. The molecule has 1 fully saturated rings. The molecule has 10 heteroatoms. The van der Waals surface area contributed by atoms with Crippen molar-refractivity contribution in [3.63, 3.8) is 0 Å². The highest BCUT2D eigenvalue weighted by atomic mass is 35.5. The molecule has 4 rings (SSSR count). The quantitative estimate of drug-likeness (QED) is 0.365. The zero-order valence-corrected chi connectivity index (χ0v) is 20.7. The van der Waals surface area contributed by atoms with E-state index in [2.05, 4.69) is 33.1 Å². The molecule has 35 heavy (non-hydrogen) atoms. The first-order valence-electron chi connectivity index (χ1n) is 11.2. The average molecular weight is 511 g/mol. The number of benzene rings is 2. The molecule has 2 heterocycles. The summed E-state index contributed by atoms with van der Waals surface area (Å²) in [6, 6.07) is 15.8. The molecule has 0 saturated carbocycles. The molecule has 1 amide bonds. The number of nitrogens with zero attached hydrogens (tertiary/aromatic N) is 5. The van der Waals surface area contributed by atoms with Gasteiger partial charge in [-0.3, -0.25) is 4.79 Å². The number of thioether (sulfide) groups is 1. The molecule has 7 nitrogen and oxygen atoms in total. The van der Waals surface area contributed by atoms with Gasteiger partial charge in [0.1, 0.15) is 17.4 Å². The number of hydrogen-bond donors (Lipinski definition) is 1. The van der Waals surface area contributed by atoms with Gasteiger partial charge in [-0.25, -0.2) is 14.4 Å². The second-order valence-electron chi connectivity index (χ2n) is 7.92. The van der Waals surface area contributed by atoms with Gasteiger partial charge in [-0.05, 0) is 24.7 Å². The molecule has 0 bridgehead atoms. The molecule has 0 atom stereocenters. The topological polar surface area (TPSA) is 85.2 Å². The molecule has 0 unspecified atom stereocenters. The zero-order valence-electron chi connectivity index (χ0n) is 19.2. The fraction of sp³-hybridized carbons (Fsp3) is 0.280. The largest absolute Gasteiger partial charge is 0.353 e. The monoisotopic (exact) mass is 510 g/mol. The van der Waals surface area contributed by atoms with Crippen molar-refractivity contribution < 1.29 is 9.18 Å². The lowest BCUT2D eigenvalue weighted by Crippen LogP contribution is -2.46. The fourth-order valence-electron chi connectivity index (χ4n) is 3.81. The van der Waals surface area contributed by atoms with Crippen LogP contribution in [0.1, 0.15) is 12.5 Å². The minimum atomic E-state index is -0.550. The predicted molar refractivity (Wildman–Crippen MR) is 137 cm³/mol. The maximum absolute atomic E-state index is 13.4. The molecule has 1 aliphatic rings. The van der Waals surface area contributed by atoms with Gasteiger partial charge in [-0.1, -0.05) is 60.6 Å². The fourth-order valence-corrected chi connectivity index (χ4v) is 4.63. The Bertz CT molecular complexity index is 1240. The maximum atomic E-state index is 13.4. The summed E-state index contributed by atoms with van der Waals surface area (Å²) in [5.74, 6) is -0.223. The third-order valence-electron chi connectivity index (χ3n) is 5.68. The molecular weight excluding hydrogens is 487 g/mol. The Hall–Kier alpha value is -3.19.